The quantitative estimate of drug-likeness (QED) is 0.296. The van der Waals surface area contributed by atoms with Crippen LogP contribution in [0.2, 0.25) is 0 Å². The molecule has 0 amide bonds. The normalized spacial score (nSPS) is 33.8. The monoisotopic (exact) mass is 490 g/mol. The van der Waals surface area contributed by atoms with Crippen molar-refractivity contribution >= 4 is 11.6 Å². The average Bonchev–Trinajstić information content (AvgIpc) is 2.79. The minimum absolute atomic E-state index is 0.000285. The molecule has 1 heterocycles. The van der Waals surface area contributed by atoms with Gasteiger partial charge >= 0.3 is 5.38 Å². The molecule has 0 N–H and O–H groups in total. The largest absolute Gasteiger partial charge is 0.353 e. The summed E-state index contributed by atoms with van der Waals surface area (Å²) >= 11 is 4.86. The molecule has 0 aromatic heterocycles. The fraction of sp³-hybridized carbons (Fsp3) is 0.769. The lowest BCUT2D eigenvalue weighted by Gasteiger charge is -2.41. The standard InChI is InChI=1S/C26H35ClF4O2/c1-2-3-16-14-32-25(33-15-16)20-10-8-18(9-11-20)17-4-6-19(7-5-17)21-12-22(28)24(23(29)13-21)26(27,30)31/h12-13,16-20,25H,2-11,14-15H2,1H3. The fourth-order valence-corrected chi connectivity index (χ4v) is 6.50. The van der Waals surface area contributed by atoms with E-state index in [2.05, 4.69) is 6.92 Å². The highest BCUT2D eigenvalue weighted by molar-refractivity contribution is 6.21. The van der Waals surface area contributed by atoms with Crippen molar-refractivity contribution in [3.63, 3.8) is 0 Å². The van der Waals surface area contributed by atoms with Crippen LogP contribution in [0.4, 0.5) is 17.6 Å². The first-order valence-electron chi connectivity index (χ1n) is 12.6. The van der Waals surface area contributed by atoms with Crippen LogP contribution in [-0.4, -0.2) is 19.5 Å². The highest BCUT2D eigenvalue weighted by atomic mass is 35.5. The third-order valence-electron chi connectivity index (χ3n) is 8.15. The number of rotatable bonds is 6. The predicted molar refractivity (Wildman–Crippen MR) is 120 cm³/mol. The zero-order chi connectivity index (χ0) is 23.6. The van der Waals surface area contributed by atoms with E-state index in [9.17, 15) is 17.6 Å². The van der Waals surface area contributed by atoms with E-state index in [-0.39, 0.29) is 12.2 Å². The van der Waals surface area contributed by atoms with Gasteiger partial charge in [-0.1, -0.05) is 13.3 Å². The van der Waals surface area contributed by atoms with E-state index >= 15 is 0 Å². The van der Waals surface area contributed by atoms with Crippen molar-refractivity contribution in [3.8, 4) is 0 Å². The Kier molecular flexibility index (Phi) is 8.28. The molecule has 3 aliphatic rings. The summed E-state index contributed by atoms with van der Waals surface area (Å²) in [6, 6.07) is 2.08. The lowest BCUT2D eigenvalue weighted by atomic mass is 9.68. The lowest BCUT2D eigenvalue weighted by molar-refractivity contribution is -0.230. The second-order valence-corrected chi connectivity index (χ2v) is 10.8. The molecule has 0 unspecified atom stereocenters. The molecule has 2 nitrogen and oxygen atoms in total. The number of benzene rings is 1. The van der Waals surface area contributed by atoms with Crippen molar-refractivity contribution in [3.05, 3.63) is 34.9 Å². The van der Waals surface area contributed by atoms with E-state index in [1.807, 2.05) is 0 Å². The maximum absolute atomic E-state index is 14.2. The van der Waals surface area contributed by atoms with E-state index in [0.29, 0.717) is 29.2 Å². The second kappa shape index (κ2) is 10.8. The molecule has 0 radical (unpaired) electrons. The van der Waals surface area contributed by atoms with Gasteiger partial charge in [-0.05, 0) is 105 Å². The van der Waals surface area contributed by atoms with Gasteiger partial charge in [-0.2, -0.15) is 8.78 Å². The van der Waals surface area contributed by atoms with E-state index in [4.69, 9.17) is 21.1 Å². The Balaban J connectivity index is 1.25. The molecule has 4 rings (SSSR count). The molecule has 0 spiro atoms. The number of hydrogen-bond acceptors (Lipinski definition) is 2. The van der Waals surface area contributed by atoms with Gasteiger partial charge in [0, 0.05) is 11.8 Å². The smallest absolute Gasteiger partial charge is 0.352 e. The van der Waals surface area contributed by atoms with Gasteiger partial charge < -0.3 is 9.47 Å². The van der Waals surface area contributed by atoms with Crippen LogP contribution in [0, 0.1) is 35.3 Å². The third kappa shape index (κ3) is 6.05. The Morgan fingerprint density at radius 1 is 0.848 bits per heavy atom. The maximum Gasteiger partial charge on any atom is 0.353 e. The Hall–Kier alpha value is -0.850. The number of alkyl halides is 3. The second-order valence-electron chi connectivity index (χ2n) is 10.3. The Morgan fingerprint density at radius 2 is 1.33 bits per heavy atom. The molecule has 2 aliphatic carbocycles. The van der Waals surface area contributed by atoms with Crippen molar-refractivity contribution in [1.29, 1.82) is 0 Å². The predicted octanol–water partition coefficient (Wildman–Crippen LogP) is 8.12. The summed E-state index contributed by atoms with van der Waals surface area (Å²) < 4.78 is 66.9. The summed E-state index contributed by atoms with van der Waals surface area (Å²) in [7, 11) is 0. The molecule has 1 aromatic carbocycles. The fourth-order valence-electron chi connectivity index (χ4n) is 6.32. The van der Waals surface area contributed by atoms with E-state index in [1.54, 1.807) is 0 Å². The molecule has 3 fully saturated rings. The number of hydrogen-bond donors (Lipinski definition) is 0. The van der Waals surface area contributed by atoms with Crippen LogP contribution in [0.5, 0.6) is 0 Å². The molecule has 186 valence electrons. The highest BCUT2D eigenvalue weighted by Crippen LogP contribution is 2.46. The summed E-state index contributed by atoms with van der Waals surface area (Å²) in [6.07, 6.45) is 10.5. The first-order chi connectivity index (χ1) is 15.8. The molecule has 1 saturated heterocycles. The molecule has 1 aromatic rings. The average molecular weight is 491 g/mol. The molecule has 33 heavy (non-hydrogen) atoms. The SMILES string of the molecule is CCCC1COC(C2CCC(C3CCC(c4cc(F)c(C(F)(F)Cl)c(F)c4)CC3)CC2)OC1. The van der Waals surface area contributed by atoms with Crippen LogP contribution in [0.15, 0.2) is 12.1 Å². The van der Waals surface area contributed by atoms with Gasteiger partial charge in [0.25, 0.3) is 0 Å². The zero-order valence-electron chi connectivity index (χ0n) is 19.3. The van der Waals surface area contributed by atoms with Crippen molar-refractivity contribution in [2.45, 2.75) is 88.7 Å². The zero-order valence-corrected chi connectivity index (χ0v) is 20.1. The highest BCUT2D eigenvalue weighted by Gasteiger charge is 2.38. The Morgan fingerprint density at radius 3 is 1.82 bits per heavy atom. The molecule has 2 saturated carbocycles. The summed E-state index contributed by atoms with van der Waals surface area (Å²) in [6.45, 7) is 3.82. The molecular weight excluding hydrogens is 456 g/mol. The topological polar surface area (TPSA) is 18.5 Å². The van der Waals surface area contributed by atoms with Gasteiger partial charge in [-0.15, -0.1) is 0 Å². The van der Waals surface area contributed by atoms with Crippen LogP contribution in [0.3, 0.4) is 0 Å². The van der Waals surface area contributed by atoms with Gasteiger partial charge in [0.15, 0.2) is 6.29 Å². The van der Waals surface area contributed by atoms with Crippen LogP contribution in [-0.2, 0) is 14.9 Å². The summed E-state index contributed by atoms with van der Waals surface area (Å²) in [5.74, 6) is -0.237. The van der Waals surface area contributed by atoms with Gasteiger partial charge in [-0.3, -0.25) is 0 Å². The lowest BCUT2D eigenvalue weighted by Crippen LogP contribution is -2.39. The van der Waals surface area contributed by atoms with Crippen molar-refractivity contribution < 1.29 is 27.0 Å². The minimum atomic E-state index is -4.05. The van der Waals surface area contributed by atoms with Gasteiger partial charge in [0.05, 0.1) is 13.2 Å². The van der Waals surface area contributed by atoms with Crippen molar-refractivity contribution in [1.82, 2.24) is 0 Å². The summed E-state index contributed by atoms with van der Waals surface area (Å²) in [5.41, 5.74) is -0.894. The minimum Gasteiger partial charge on any atom is -0.352 e. The summed E-state index contributed by atoms with van der Waals surface area (Å²) in [4.78, 5) is 0. The molecule has 0 bridgehead atoms. The Labute approximate surface area is 199 Å². The van der Waals surface area contributed by atoms with Gasteiger partial charge in [0.2, 0.25) is 0 Å². The van der Waals surface area contributed by atoms with Crippen molar-refractivity contribution in [2.24, 2.45) is 23.7 Å². The van der Waals surface area contributed by atoms with Crippen LogP contribution in [0.25, 0.3) is 0 Å². The Bertz CT molecular complexity index is 752. The van der Waals surface area contributed by atoms with Crippen molar-refractivity contribution in [2.75, 3.05) is 13.2 Å². The van der Waals surface area contributed by atoms with E-state index in [0.717, 1.165) is 76.7 Å². The maximum atomic E-state index is 14.2. The molecule has 0 atom stereocenters. The van der Waals surface area contributed by atoms with Crippen LogP contribution >= 0.6 is 11.6 Å². The summed E-state index contributed by atoms with van der Waals surface area (Å²) in [5, 5.41) is -4.05. The number of ether oxygens (including phenoxy) is 2. The number of halogens is 5. The van der Waals surface area contributed by atoms with Crippen LogP contribution < -0.4 is 0 Å². The molecule has 7 heteroatoms. The van der Waals surface area contributed by atoms with Gasteiger partial charge in [0.1, 0.15) is 17.2 Å². The van der Waals surface area contributed by atoms with Gasteiger partial charge in [-0.25, -0.2) is 8.78 Å². The van der Waals surface area contributed by atoms with E-state index < -0.39 is 22.6 Å². The third-order valence-corrected chi connectivity index (χ3v) is 8.34. The first-order valence-corrected chi connectivity index (χ1v) is 12.9. The molecule has 1 aliphatic heterocycles. The van der Waals surface area contributed by atoms with E-state index in [1.165, 1.54) is 12.8 Å². The molecular formula is C26H35ClF4O2. The van der Waals surface area contributed by atoms with Crippen LogP contribution in [0.1, 0.15) is 88.2 Å². The first kappa shape index (κ1) is 25.2.